The van der Waals surface area contributed by atoms with Gasteiger partial charge in [-0.25, -0.2) is 9.18 Å². The van der Waals surface area contributed by atoms with E-state index in [1.165, 1.54) is 23.5 Å². The van der Waals surface area contributed by atoms with Gasteiger partial charge < -0.3 is 10.1 Å². The molecule has 8 heteroatoms. The third-order valence-electron chi connectivity index (χ3n) is 4.82. The summed E-state index contributed by atoms with van der Waals surface area (Å²) >= 11 is 1.31. The molecule has 0 radical (unpaired) electrons. The van der Waals surface area contributed by atoms with Crippen LogP contribution in [-0.2, 0) is 0 Å². The number of hydrogen-bond donors (Lipinski definition) is 2. The van der Waals surface area contributed by atoms with E-state index in [0.29, 0.717) is 22.9 Å². The van der Waals surface area contributed by atoms with E-state index in [4.69, 9.17) is 4.74 Å². The lowest BCUT2D eigenvalue weighted by atomic mass is 9.86. The van der Waals surface area contributed by atoms with Crippen LogP contribution in [0.4, 0.5) is 14.3 Å². The zero-order valence-corrected chi connectivity index (χ0v) is 14.7. The Bertz CT molecular complexity index is 804. The molecule has 2 N–H and O–H groups in total. The number of urea groups is 1. The maximum Gasteiger partial charge on any atom is 0.321 e. The highest BCUT2D eigenvalue weighted by atomic mass is 32.1. The minimum atomic E-state index is -0.369. The highest BCUT2D eigenvalue weighted by Gasteiger charge is 2.43. The van der Waals surface area contributed by atoms with Gasteiger partial charge in [-0.15, -0.1) is 10.2 Å². The summed E-state index contributed by atoms with van der Waals surface area (Å²) in [6.45, 7) is 1.82. The first kappa shape index (κ1) is 16.3. The van der Waals surface area contributed by atoms with Gasteiger partial charge in [0, 0.05) is 12.0 Å². The summed E-state index contributed by atoms with van der Waals surface area (Å²) in [6, 6.07) is 3.83. The van der Waals surface area contributed by atoms with Crippen LogP contribution in [-0.4, -0.2) is 21.8 Å². The third-order valence-corrected chi connectivity index (χ3v) is 5.57. The highest BCUT2D eigenvalue weighted by molar-refractivity contribution is 7.15. The summed E-state index contributed by atoms with van der Waals surface area (Å²) in [7, 11) is 0. The fourth-order valence-corrected chi connectivity index (χ4v) is 4.32. The first-order valence-corrected chi connectivity index (χ1v) is 9.21. The Labute approximate surface area is 148 Å². The zero-order chi connectivity index (χ0) is 17.4. The van der Waals surface area contributed by atoms with Gasteiger partial charge >= 0.3 is 6.03 Å². The normalized spacial score (nSPS) is 20.8. The lowest BCUT2D eigenvalue weighted by Gasteiger charge is -2.40. The van der Waals surface area contributed by atoms with Crippen LogP contribution in [0.2, 0.25) is 0 Å². The van der Waals surface area contributed by atoms with Gasteiger partial charge in [0.25, 0.3) is 0 Å². The molecule has 132 valence electrons. The zero-order valence-electron chi connectivity index (χ0n) is 13.8. The molecule has 0 unspecified atom stereocenters. The van der Waals surface area contributed by atoms with Crippen molar-refractivity contribution in [2.45, 2.75) is 50.7 Å². The molecule has 4 rings (SSSR count). The maximum atomic E-state index is 13.7. The number of anilines is 1. The number of aryl methyl sites for hydroxylation is 1. The SMILES string of the molecule is Cc1nnc(NC(=O)N[C@@H]2CC3(CCCC3)Oc3ccc(F)cc32)s1. The molecule has 1 aromatic heterocycles. The molecular formula is C17H19FN4O2S. The summed E-state index contributed by atoms with van der Waals surface area (Å²) in [6.07, 6.45) is 4.78. The molecular weight excluding hydrogens is 343 g/mol. The van der Waals surface area contributed by atoms with E-state index >= 15 is 0 Å². The van der Waals surface area contributed by atoms with Crippen molar-refractivity contribution in [3.05, 3.63) is 34.6 Å². The first-order valence-electron chi connectivity index (χ1n) is 8.39. The standard InChI is InChI=1S/C17H19FN4O2S/c1-10-21-22-16(25-10)20-15(23)19-13-9-17(6-2-3-7-17)24-14-5-4-11(18)8-12(13)14/h4-5,8,13H,2-3,6-7,9H2,1H3,(H2,19,20,22,23)/t13-/m1/s1. The number of amides is 2. The number of benzene rings is 1. The number of ether oxygens (including phenoxy) is 1. The molecule has 2 amide bonds. The van der Waals surface area contributed by atoms with Gasteiger partial charge in [-0.05, 0) is 50.8 Å². The topological polar surface area (TPSA) is 76.1 Å². The van der Waals surface area contributed by atoms with E-state index in [2.05, 4.69) is 20.8 Å². The quantitative estimate of drug-likeness (QED) is 0.848. The largest absolute Gasteiger partial charge is 0.487 e. The van der Waals surface area contributed by atoms with Gasteiger partial charge in [-0.2, -0.15) is 0 Å². The number of aromatic nitrogens is 2. The van der Waals surface area contributed by atoms with Gasteiger partial charge in [0.05, 0.1) is 6.04 Å². The summed E-state index contributed by atoms with van der Waals surface area (Å²) in [4.78, 5) is 12.4. The molecule has 2 aromatic rings. The van der Waals surface area contributed by atoms with Gasteiger partial charge in [0.1, 0.15) is 22.2 Å². The Morgan fingerprint density at radius 1 is 1.36 bits per heavy atom. The van der Waals surface area contributed by atoms with Crippen LogP contribution in [0.25, 0.3) is 0 Å². The smallest absolute Gasteiger partial charge is 0.321 e. The molecule has 25 heavy (non-hydrogen) atoms. The van der Waals surface area contributed by atoms with E-state index in [1.54, 1.807) is 6.07 Å². The van der Waals surface area contributed by atoms with E-state index in [-0.39, 0.29) is 23.5 Å². The number of halogens is 1. The number of nitrogens with one attached hydrogen (secondary N) is 2. The second kappa shape index (κ2) is 6.25. The van der Waals surface area contributed by atoms with E-state index in [0.717, 1.165) is 30.7 Å². The number of hydrogen-bond acceptors (Lipinski definition) is 5. The monoisotopic (exact) mass is 362 g/mol. The molecule has 2 heterocycles. The Balaban J connectivity index is 1.56. The lowest BCUT2D eigenvalue weighted by Crippen LogP contribution is -2.44. The van der Waals surface area contributed by atoms with Crippen LogP contribution >= 0.6 is 11.3 Å². The van der Waals surface area contributed by atoms with Crippen molar-refractivity contribution < 1.29 is 13.9 Å². The summed E-state index contributed by atoms with van der Waals surface area (Å²) in [5, 5.41) is 14.6. The van der Waals surface area contributed by atoms with Crippen LogP contribution in [0.3, 0.4) is 0 Å². The molecule has 0 bridgehead atoms. The van der Waals surface area contributed by atoms with Crippen molar-refractivity contribution in [1.82, 2.24) is 15.5 Å². The molecule has 2 aliphatic rings. The highest BCUT2D eigenvalue weighted by Crippen LogP contribution is 2.47. The van der Waals surface area contributed by atoms with E-state index < -0.39 is 0 Å². The molecule has 1 aliphatic heterocycles. The van der Waals surface area contributed by atoms with Crippen molar-refractivity contribution in [3.63, 3.8) is 0 Å². The minimum absolute atomic E-state index is 0.262. The predicted molar refractivity (Wildman–Crippen MR) is 92.4 cm³/mol. The first-order chi connectivity index (χ1) is 12.0. The van der Waals surface area contributed by atoms with E-state index in [1.807, 2.05) is 6.92 Å². The predicted octanol–water partition coefficient (Wildman–Crippen LogP) is 3.94. The molecule has 6 nitrogen and oxygen atoms in total. The second-order valence-corrected chi connectivity index (χ2v) is 7.84. The number of carbonyl (C=O) groups excluding carboxylic acids is 1. The summed E-state index contributed by atoms with van der Waals surface area (Å²) in [5.74, 6) is 0.322. The number of carbonyl (C=O) groups is 1. The van der Waals surface area contributed by atoms with Crippen molar-refractivity contribution in [1.29, 1.82) is 0 Å². The molecule has 1 fully saturated rings. The van der Waals surface area contributed by atoms with Crippen LogP contribution in [0.15, 0.2) is 18.2 Å². The maximum absolute atomic E-state index is 13.7. The Morgan fingerprint density at radius 3 is 2.88 bits per heavy atom. The Kier molecular flexibility index (Phi) is 4.07. The van der Waals surface area contributed by atoms with Gasteiger partial charge in [0.15, 0.2) is 0 Å². The van der Waals surface area contributed by atoms with Crippen molar-refractivity contribution in [3.8, 4) is 5.75 Å². The number of nitrogens with zero attached hydrogens (tertiary/aromatic N) is 2. The molecule has 1 spiro atoms. The number of rotatable bonds is 2. The summed E-state index contributed by atoms with van der Waals surface area (Å²) < 4.78 is 19.9. The third kappa shape index (κ3) is 3.30. The van der Waals surface area contributed by atoms with Gasteiger partial charge in [-0.3, -0.25) is 5.32 Å². The average Bonchev–Trinajstić information content (AvgIpc) is 3.17. The Hall–Kier alpha value is -2.22. The van der Waals surface area contributed by atoms with Crippen LogP contribution in [0.5, 0.6) is 5.75 Å². The van der Waals surface area contributed by atoms with Crippen molar-refractivity contribution in [2.75, 3.05) is 5.32 Å². The fraction of sp³-hybridized carbons (Fsp3) is 0.471. The van der Waals surface area contributed by atoms with Crippen molar-refractivity contribution >= 4 is 22.5 Å². The van der Waals surface area contributed by atoms with Gasteiger partial charge in [-0.1, -0.05) is 11.3 Å². The summed E-state index contributed by atoms with van der Waals surface area (Å²) in [5.41, 5.74) is 0.420. The molecule has 1 atom stereocenters. The molecule has 1 aliphatic carbocycles. The van der Waals surface area contributed by atoms with Crippen LogP contribution in [0, 0.1) is 12.7 Å². The lowest BCUT2D eigenvalue weighted by molar-refractivity contribution is 0.0385. The minimum Gasteiger partial charge on any atom is -0.487 e. The average molecular weight is 362 g/mol. The molecule has 1 saturated carbocycles. The van der Waals surface area contributed by atoms with Crippen LogP contribution < -0.4 is 15.4 Å². The van der Waals surface area contributed by atoms with Crippen molar-refractivity contribution in [2.24, 2.45) is 0 Å². The van der Waals surface area contributed by atoms with E-state index in [9.17, 15) is 9.18 Å². The fourth-order valence-electron chi connectivity index (χ4n) is 3.73. The molecule has 1 aromatic carbocycles. The van der Waals surface area contributed by atoms with Crippen LogP contribution in [0.1, 0.15) is 48.7 Å². The van der Waals surface area contributed by atoms with Gasteiger partial charge in [0.2, 0.25) is 5.13 Å². The molecule has 0 saturated heterocycles. The Morgan fingerprint density at radius 2 is 2.16 bits per heavy atom. The number of fused-ring (bicyclic) bond motifs is 1. The second-order valence-electron chi connectivity index (χ2n) is 6.66.